The minimum atomic E-state index is -0.908. The molecule has 2 atom stereocenters. The summed E-state index contributed by atoms with van der Waals surface area (Å²) in [5.74, 6) is -1.66. The Bertz CT molecular complexity index is 765. The van der Waals surface area contributed by atoms with Crippen molar-refractivity contribution < 1.29 is 19.1 Å². The molecule has 0 radical (unpaired) electrons. The molecule has 1 aliphatic rings. The third kappa shape index (κ3) is 2.89. The van der Waals surface area contributed by atoms with Crippen molar-refractivity contribution in [3.05, 3.63) is 24.0 Å². The van der Waals surface area contributed by atoms with Crippen LogP contribution in [0.15, 0.2) is 18.2 Å². The van der Waals surface area contributed by atoms with Gasteiger partial charge in [-0.15, -0.1) is 0 Å². The molecule has 0 aliphatic carbocycles. The van der Waals surface area contributed by atoms with Crippen LogP contribution in [0.25, 0.3) is 11.0 Å². The molecule has 0 spiro atoms. The smallest absolute Gasteiger partial charge is 0.320 e. The number of nitrogens with one attached hydrogen (secondary N) is 2. The topological polar surface area (TPSA) is 96.2 Å². The molecule has 2 heterocycles. The quantitative estimate of drug-likeness (QED) is 0.787. The average Bonchev–Trinajstić information content (AvgIpc) is 2.85. The first-order valence-corrected chi connectivity index (χ1v) is 7.35. The van der Waals surface area contributed by atoms with Crippen LogP contribution in [0.3, 0.4) is 0 Å². The van der Waals surface area contributed by atoms with Crippen LogP contribution in [-0.4, -0.2) is 39.1 Å². The molecule has 1 amide bonds. The molecule has 8 heteroatoms. The SMILES string of the molecule is Cn1c(NC(=O)C2CCC(C(=O)O)NC2)nc2c(F)cccc21. The van der Waals surface area contributed by atoms with E-state index in [1.807, 2.05) is 0 Å². The molecule has 122 valence electrons. The Morgan fingerprint density at radius 1 is 1.43 bits per heavy atom. The van der Waals surface area contributed by atoms with Crippen molar-refractivity contribution in [3.8, 4) is 0 Å². The van der Waals surface area contributed by atoms with Gasteiger partial charge in [0.25, 0.3) is 0 Å². The lowest BCUT2D eigenvalue weighted by atomic mass is 9.94. The molecule has 1 aromatic carbocycles. The minimum Gasteiger partial charge on any atom is -0.480 e. The van der Waals surface area contributed by atoms with E-state index in [0.717, 1.165) is 0 Å². The summed E-state index contributed by atoms with van der Waals surface area (Å²) in [5, 5.41) is 14.5. The zero-order chi connectivity index (χ0) is 16.6. The molecule has 2 unspecified atom stereocenters. The summed E-state index contributed by atoms with van der Waals surface area (Å²) in [7, 11) is 1.70. The maximum atomic E-state index is 13.7. The van der Waals surface area contributed by atoms with Crippen LogP contribution in [0.2, 0.25) is 0 Å². The molecule has 2 aromatic rings. The van der Waals surface area contributed by atoms with Crippen molar-refractivity contribution >= 4 is 28.9 Å². The third-order valence-corrected chi connectivity index (χ3v) is 4.18. The van der Waals surface area contributed by atoms with Crippen LogP contribution < -0.4 is 10.6 Å². The molecular formula is C15H17FN4O3. The molecule has 7 nitrogen and oxygen atoms in total. The number of para-hydroxylation sites is 1. The summed E-state index contributed by atoms with van der Waals surface area (Å²) in [6, 6.07) is 4.02. The van der Waals surface area contributed by atoms with Gasteiger partial charge in [0.15, 0.2) is 5.82 Å². The maximum Gasteiger partial charge on any atom is 0.320 e. The number of hydrogen-bond acceptors (Lipinski definition) is 4. The van der Waals surface area contributed by atoms with Crippen LogP contribution >= 0.6 is 0 Å². The number of carboxylic acid groups (broad SMARTS) is 1. The highest BCUT2D eigenvalue weighted by Gasteiger charge is 2.29. The number of benzene rings is 1. The summed E-state index contributed by atoms with van der Waals surface area (Å²) < 4.78 is 15.4. The predicted octanol–water partition coefficient (Wildman–Crippen LogP) is 1.10. The van der Waals surface area contributed by atoms with E-state index in [-0.39, 0.29) is 23.3 Å². The van der Waals surface area contributed by atoms with Crippen LogP contribution in [0.5, 0.6) is 0 Å². The number of nitrogens with zero attached hydrogens (tertiary/aromatic N) is 2. The van der Waals surface area contributed by atoms with E-state index in [1.165, 1.54) is 6.07 Å². The van der Waals surface area contributed by atoms with Crippen molar-refractivity contribution in [1.82, 2.24) is 14.9 Å². The first-order valence-electron chi connectivity index (χ1n) is 7.35. The van der Waals surface area contributed by atoms with Gasteiger partial charge in [0, 0.05) is 13.6 Å². The highest BCUT2D eigenvalue weighted by molar-refractivity contribution is 5.93. The third-order valence-electron chi connectivity index (χ3n) is 4.18. The number of carbonyl (C=O) groups excluding carboxylic acids is 1. The largest absolute Gasteiger partial charge is 0.480 e. The summed E-state index contributed by atoms with van der Waals surface area (Å²) in [4.78, 5) is 27.3. The molecule has 23 heavy (non-hydrogen) atoms. The van der Waals surface area contributed by atoms with Crippen molar-refractivity contribution in [2.24, 2.45) is 13.0 Å². The van der Waals surface area contributed by atoms with E-state index in [9.17, 15) is 14.0 Å². The molecule has 1 fully saturated rings. The number of carbonyl (C=O) groups is 2. The number of halogens is 1. The number of aromatic nitrogens is 2. The zero-order valence-corrected chi connectivity index (χ0v) is 12.5. The first kappa shape index (κ1) is 15.4. The van der Waals surface area contributed by atoms with Gasteiger partial charge in [-0.05, 0) is 25.0 Å². The second-order valence-corrected chi connectivity index (χ2v) is 5.66. The Hall–Kier alpha value is -2.48. The summed E-state index contributed by atoms with van der Waals surface area (Å²) in [6.45, 7) is 0.293. The number of imidazole rings is 1. The molecular weight excluding hydrogens is 303 g/mol. The molecule has 0 saturated carbocycles. The Morgan fingerprint density at radius 2 is 2.22 bits per heavy atom. The van der Waals surface area contributed by atoms with Gasteiger partial charge in [-0.2, -0.15) is 0 Å². The van der Waals surface area contributed by atoms with Gasteiger partial charge < -0.3 is 15.0 Å². The number of aliphatic carboxylic acids is 1. The fourth-order valence-corrected chi connectivity index (χ4v) is 2.80. The van der Waals surface area contributed by atoms with E-state index < -0.39 is 17.8 Å². The standard InChI is InChI=1S/C15H17FN4O3/c1-20-11-4-2-3-9(16)12(11)18-15(20)19-13(21)8-5-6-10(14(22)23)17-7-8/h2-4,8,10,17H,5-7H2,1H3,(H,22,23)(H,18,19,21). The molecule has 1 aromatic heterocycles. The zero-order valence-electron chi connectivity index (χ0n) is 12.5. The van der Waals surface area contributed by atoms with Gasteiger partial charge in [0.1, 0.15) is 11.6 Å². The number of aryl methyl sites for hydroxylation is 1. The molecule has 3 N–H and O–H groups in total. The van der Waals surface area contributed by atoms with Crippen molar-refractivity contribution in [2.45, 2.75) is 18.9 Å². The number of rotatable bonds is 3. The maximum absolute atomic E-state index is 13.7. The minimum absolute atomic E-state index is 0.206. The van der Waals surface area contributed by atoms with Crippen molar-refractivity contribution in [3.63, 3.8) is 0 Å². The lowest BCUT2D eigenvalue weighted by molar-refractivity contribution is -0.141. The highest BCUT2D eigenvalue weighted by Crippen LogP contribution is 2.22. The Labute approximate surface area is 131 Å². The van der Waals surface area contributed by atoms with E-state index in [2.05, 4.69) is 15.6 Å². The fraction of sp³-hybridized carbons (Fsp3) is 0.400. The summed E-state index contributed by atoms with van der Waals surface area (Å²) in [6.07, 6.45) is 0.874. The lowest BCUT2D eigenvalue weighted by Crippen LogP contribution is -2.47. The van der Waals surface area contributed by atoms with E-state index >= 15 is 0 Å². The number of amides is 1. The number of hydrogen-bond donors (Lipinski definition) is 3. The predicted molar refractivity (Wildman–Crippen MR) is 81.5 cm³/mol. The first-order chi connectivity index (χ1) is 11.0. The summed E-state index contributed by atoms with van der Waals surface area (Å²) >= 11 is 0. The summed E-state index contributed by atoms with van der Waals surface area (Å²) in [5.41, 5.74) is 0.797. The molecule has 1 aliphatic heterocycles. The van der Waals surface area contributed by atoms with Crippen molar-refractivity contribution in [1.29, 1.82) is 0 Å². The normalized spacial score (nSPS) is 21.3. The highest BCUT2D eigenvalue weighted by atomic mass is 19.1. The van der Waals surface area contributed by atoms with Crippen LogP contribution in [0.4, 0.5) is 10.3 Å². The second kappa shape index (κ2) is 5.96. The Kier molecular flexibility index (Phi) is 3.99. The molecule has 0 bridgehead atoms. The van der Waals surface area contributed by atoms with Gasteiger partial charge >= 0.3 is 5.97 Å². The van der Waals surface area contributed by atoms with Crippen LogP contribution in [-0.2, 0) is 16.6 Å². The van der Waals surface area contributed by atoms with E-state index in [4.69, 9.17) is 5.11 Å². The van der Waals surface area contributed by atoms with Gasteiger partial charge in [0.05, 0.1) is 11.4 Å². The lowest BCUT2D eigenvalue weighted by Gasteiger charge is -2.26. The monoisotopic (exact) mass is 320 g/mol. The molecule has 3 rings (SSSR count). The van der Waals surface area contributed by atoms with E-state index in [0.29, 0.717) is 24.9 Å². The number of piperidine rings is 1. The van der Waals surface area contributed by atoms with Gasteiger partial charge in [0.2, 0.25) is 11.9 Å². The van der Waals surface area contributed by atoms with Gasteiger partial charge in [-0.3, -0.25) is 14.9 Å². The number of fused-ring (bicyclic) bond motifs is 1. The van der Waals surface area contributed by atoms with Gasteiger partial charge in [-0.1, -0.05) is 6.07 Å². The van der Waals surface area contributed by atoms with E-state index in [1.54, 1.807) is 23.7 Å². The second-order valence-electron chi connectivity index (χ2n) is 5.66. The van der Waals surface area contributed by atoms with Crippen molar-refractivity contribution in [2.75, 3.05) is 11.9 Å². The van der Waals surface area contributed by atoms with Gasteiger partial charge in [-0.25, -0.2) is 9.37 Å². The number of carboxylic acids is 1. The average molecular weight is 320 g/mol. The number of anilines is 1. The Morgan fingerprint density at radius 3 is 2.83 bits per heavy atom. The van der Waals surface area contributed by atoms with Crippen LogP contribution in [0.1, 0.15) is 12.8 Å². The molecule has 1 saturated heterocycles. The van der Waals surface area contributed by atoms with Crippen LogP contribution in [0, 0.1) is 11.7 Å². The Balaban J connectivity index is 1.73. The fourth-order valence-electron chi connectivity index (χ4n) is 2.80.